The van der Waals surface area contributed by atoms with Crippen molar-refractivity contribution in [1.82, 2.24) is 9.97 Å². The van der Waals surface area contributed by atoms with E-state index in [-0.39, 0.29) is 18.1 Å². The highest BCUT2D eigenvalue weighted by Crippen LogP contribution is 2.36. The molecule has 148 valence electrons. The Kier molecular flexibility index (Phi) is 5.11. The van der Waals surface area contributed by atoms with Gasteiger partial charge in [0.2, 0.25) is 5.95 Å². The first kappa shape index (κ1) is 18.9. The van der Waals surface area contributed by atoms with Gasteiger partial charge in [-0.15, -0.1) is 0 Å². The number of H-pyrrole nitrogens is 1. The van der Waals surface area contributed by atoms with Gasteiger partial charge in [0.25, 0.3) is 5.56 Å². The molecule has 0 bridgehead atoms. The molecule has 0 saturated carbocycles. The van der Waals surface area contributed by atoms with Gasteiger partial charge < -0.3 is 29.8 Å². The molecule has 0 amide bonds. The molecule has 0 unspecified atom stereocenters. The third kappa shape index (κ3) is 3.18. The van der Waals surface area contributed by atoms with Crippen molar-refractivity contribution < 1.29 is 19.2 Å². The third-order valence-corrected chi connectivity index (χ3v) is 5.16. The normalized spacial score (nSPS) is 26.5. The Morgan fingerprint density at radius 2 is 2.00 bits per heavy atom. The number of nitrogen functional groups attached to an aromatic ring is 1. The Morgan fingerprint density at radius 3 is 2.68 bits per heavy atom. The van der Waals surface area contributed by atoms with Crippen molar-refractivity contribution in [3.05, 3.63) is 46.2 Å². The molecule has 0 aliphatic carbocycles. The summed E-state index contributed by atoms with van der Waals surface area (Å²) in [4.78, 5) is 20.8. The molecule has 0 radical (unpaired) electrons. The maximum Gasteiger partial charge on any atom is 0.494 e. The van der Waals surface area contributed by atoms with Gasteiger partial charge in [0.15, 0.2) is 6.23 Å². The van der Waals surface area contributed by atoms with E-state index in [0.29, 0.717) is 17.9 Å². The smallest absolute Gasteiger partial charge is 0.399 e. The van der Waals surface area contributed by atoms with Crippen LogP contribution in [0.25, 0.3) is 0 Å². The summed E-state index contributed by atoms with van der Waals surface area (Å²) in [6.45, 7) is 3.90. The third-order valence-electron chi connectivity index (χ3n) is 5.16. The van der Waals surface area contributed by atoms with E-state index >= 15 is 0 Å². The van der Waals surface area contributed by atoms with Gasteiger partial charge in [0.1, 0.15) is 24.1 Å². The van der Waals surface area contributed by atoms with Gasteiger partial charge in [-0.3, -0.25) is 9.78 Å². The van der Waals surface area contributed by atoms with Crippen LogP contribution < -0.4 is 21.7 Å². The molecule has 2 saturated heterocycles. The lowest BCUT2D eigenvalue weighted by molar-refractivity contribution is -0.0273. The lowest BCUT2D eigenvalue weighted by Crippen LogP contribution is -2.46. The second-order valence-electron chi connectivity index (χ2n) is 6.88. The second-order valence-corrected chi connectivity index (χ2v) is 6.88. The number of benzene rings is 1. The zero-order chi connectivity index (χ0) is 19.8. The molecule has 0 spiro atoms. The van der Waals surface area contributed by atoms with Crippen LogP contribution in [0.15, 0.2) is 35.1 Å². The monoisotopic (exact) mass is 386 g/mol. The van der Waals surface area contributed by atoms with Crippen LogP contribution in [0.2, 0.25) is 0 Å². The van der Waals surface area contributed by atoms with Crippen molar-refractivity contribution in [3.63, 3.8) is 0 Å². The topological polar surface area (TPSA) is 123 Å². The summed E-state index contributed by atoms with van der Waals surface area (Å²) < 4.78 is 18.3. The number of anilines is 2. The zero-order valence-electron chi connectivity index (χ0n) is 15.7. The second kappa shape index (κ2) is 7.55. The summed E-state index contributed by atoms with van der Waals surface area (Å²) in [7, 11) is -0.548. The van der Waals surface area contributed by atoms with Gasteiger partial charge in [-0.05, 0) is 19.3 Å². The number of likely N-dealkylation sites (N-methyl/N-ethyl adjacent to an activating group) is 1. The van der Waals surface area contributed by atoms with Crippen molar-refractivity contribution in [3.8, 4) is 0 Å². The molecule has 4 atom stereocenters. The van der Waals surface area contributed by atoms with Crippen molar-refractivity contribution in [2.45, 2.75) is 38.4 Å². The van der Waals surface area contributed by atoms with E-state index < -0.39 is 31.7 Å². The molecule has 3 heterocycles. The molecule has 2 aliphatic rings. The molecule has 1 aromatic heterocycles. The summed E-state index contributed by atoms with van der Waals surface area (Å²) in [6.07, 6.45) is -2.01. The Bertz CT molecular complexity index is 895. The minimum Gasteiger partial charge on any atom is -0.399 e. The molecule has 4 rings (SSSR count). The fraction of sp³-hybridized carbons (Fsp3) is 0.444. The highest BCUT2D eigenvalue weighted by Gasteiger charge is 2.56. The quantitative estimate of drug-likeness (QED) is 0.582. The Morgan fingerprint density at radius 1 is 1.29 bits per heavy atom. The zero-order valence-corrected chi connectivity index (χ0v) is 15.7. The van der Waals surface area contributed by atoms with Crippen LogP contribution in [0, 0.1) is 6.92 Å². The van der Waals surface area contributed by atoms with Gasteiger partial charge in [0.05, 0.1) is 12.2 Å². The minimum atomic E-state index is -0.576. The molecule has 28 heavy (non-hydrogen) atoms. The molecule has 2 fully saturated rings. The number of nitrogens with two attached hydrogens (primary N) is 1. The van der Waals surface area contributed by atoms with Crippen molar-refractivity contribution in [2.75, 3.05) is 23.8 Å². The Balaban J connectivity index is 1.66. The van der Waals surface area contributed by atoms with Crippen molar-refractivity contribution in [1.29, 1.82) is 0 Å². The van der Waals surface area contributed by atoms with E-state index in [1.54, 1.807) is 6.92 Å². The van der Waals surface area contributed by atoms with Crippen LogP contribution in [0.1, 0.15) is 12.5 Å². The number of hydrogen-bond donors (Lipinski definition) is 3. The summed E-state index contributed by atoms with van der Waals surface area (Å²) in [5.74, 6) is 0.459. The number of nitrogens with zero attached hydrogens (tertiary/aromatic N) is 2. The van der Waals surface area contributed by atoms with E-state index in [1.807, 2.05) is 42.2 Å². The fourth-order valence-corrected chi connectivity index (χ4v) is 3.77. The largest absolute Gasteiger partial charge is 0.494 e. The molecule has 1 aromatic carbocycles. The molecule has 2 aromatic rings. The standard InChI is InChI=1S/C18H23BN4O5/c1-3-23(15-10(2)16(25)22-18(20)21-15)17-14-13(12(9-24)26-17)27-19(28-14)11-7-5-4-6-8-11/h4-8,12-14,17,24H,3,9H2,1-2H3,(H3,20,21,22,25)/t12-,13-,14-,17-/m1/s1. The number of rotatable bonds is 5. The number of aromatic nitrogens is 2. The van der Waals surface area contributed by atoms with E-state index in [9.17, 15) is 9.90 Å². The van der Waals surface area contributed by atoms with Gasteiger partial charge in [-0.1, -0.05) is 30.3 Å². The SMILES string of the molecule is CCN(c1nc(N)[nH]c(=O)c1C)[C@@H]1O[C@H](CO)[C@H]2OB(c3ccccc3)O[C@H]21. The van der Waals surface area contributed by atoms with Crippen LogP contribution >= 0.6 is 0 Å². The summed E-state index contributed by atoms with van der Waals surface area (Å²) in [6, 6.07) is 9.61. The minimum absolute atomic E-state index is 0.0306. The summed E-state index contributed by atoms with van der Waals surface area (Å²) in [5, 5.41) is 9.79. The number of ether oxygens (including phenoxy) is 1. The van der Waals surface area contributed by atoms with Gasteiger partial charge >= 0.3 is 7.12 Å². The number of hydrogen-bond acceptors (Lipinski definition) is 8. The Labute approximate surface area is 162 Å². The van der Waals surface area contributed by atoms with E-state index in [4.69, 9.17) is 19.8 Å². The number of nitrogens with one attached hydrogen (secondary N) is 1. The highest BCUT2D eigenvalue weighted by molar-refractivity contribution is 6.61. The molecular weight excluding hydrogens is 363 g/mol. The van der Waals surface area contributed by atoms with Crippen LogP contribution in [0.3, 0.4) is 0 Å². The van der Waals surface area contributed by atoms with E-state index in [2.05, 4.69) is 9.97 Å². The molecule has 10 heteroatoms. The molecule has 4 N–H and O–H groups in total. The summed E-state index contributed by atoms with van der Waals surface area (Å²) in [5.41, 5.74) is 6.77. The number of fused-ring (bicyclic) bond motifs is 1. The maximum absolute atomic E-state index is 12.1. The first-order valence-electron chi connectivity index (χ1n) is 9.28. The molecule has 2 aliphatic heterocycles. The highest BCUT2D eigenvalue weighted by atomic mass is 16.7. The van der Waals surface area contributed by atoms with Gasteiger partial charge in [-0.2, -0.15) is 4.98 Å². The van der Waals surface area contributed by atoms with Crippen molar-refractivity contribution in [2.24, 2.45) is 0 Å². The van der Waals surface area contributed by atoms with Gasteiger partial charge in [0, 0.05) is 6.54 Å². The lowest BCUT2D eigenvalue weighted by atomic mass is 9.79. The van der Waals surface area contributed by atoms with E-state index in [0.717, 1.165) is 5.46 Å². The number of aromatic amines is 1. The van der Waals surface area contributed by atoms with E-state index in [1.165, 1.54) is 0 Å². The van der Waals surface area contributed by atoms with Crippen LogP contribution in [-0.2, 0) is 14.0 Å². The van der Waals surface area contributed by atoms with Gasteiger partial charge in [-0.25, -0.2) is 0 Å². The first-order valence-corrected chi connectivity index (χ1v) is 9.28. The number of aliphatic hydroxyl groups excluding tert-OH is 1. The maximum atomic E-state index is 12.1. The lowest BCUT2D eigenvalue weighted by Gasteiger charge is -2.32. The predicted molar refractivity (Wildman–Crippen MR) is 104 cm³/mol. The molecule has 9 nitrogen and oxygen atoms in total. The first-order chi connectivity index (χ1) is 13.5. The van der Waals surface area contributed by atoms with Crippen LogP contribution in [0.5, 0.6) is 0 Å². The van der Waals surface area contributed by atoms with Crippen LogP contribution in [0.4, 0.5) is 11.8 Å². The van der Waals surface area contributed by atoms with Crippen molar-refractivity contribution >= 4 is 24.3 Å². The fourth-order valence-electron chi connectivity index (χ4n) is 3.77. The predicted octanol–water partition coefficient (Wildman–Crippen LogP) is -0.617. The average Bonchev–Trinajstić information content (AvgIpc) is 3.27. The number of aliphatic hydroxyl groups is 1. The summed E-state index contributed by atoms with van der Waals surface area (Å²) >= 11 is 0. The van der Waals surface area contributed by atoms with Crippen LogP contribution in [-0.4, -0.2) is 59.9 Å². The average molecular weight is 386 g/mol. The molecular formula is C18H23BN4O5. The Hall–Kier alpha value is -2.40.